The first-order chi connectivity index (χ1) is 5.29. The number of carboxylic acids is 2. The number of carbonyl (C=O) groups excluding carboxylic acids is 2. The average molecular weight is 255 g/mol. The number of hydrogen-bond acceptors (Lipinski definition) is 4. The first-order valence-corrected chi connectivity index (χ1v) is 2.27. The summed E-state index contributed by atoms with van der Waals surface area (Å²) >= 11 is 0. The minimum Gasteiger partial charge on any atom is -0.544 e. The van der Waals surface area contributed by atoms with E-state index in [0.29, 0.717) is 0 Å². The van der Waals surface area contributed by atoms with Crippen molar-refractivity contribution < 1.29 is 56.8 Å². The van der Waals surface area contributed by atoms with Crippen LogP contribution in [0.3, 0.4) is 0 Å². The van der Waals surface area contributed by atoms with Gasteiger partial charge in [-0.3, -0.25) is 0 Å². The van der Waals surface area contributed by atoms with Gasteiger partial charge in [-0.1, -0.05) is 0 Å². The molecule has 4 nitrogen and oxygen atoms in total. The summed E-state index contributed by atoms with van der Waals surface area (Å²) in [7, 11) is 0. The Morgan fingerprint density at radius 1 is 0.846 bits per heavy atom. The van der Waals surface area contributed by atoms with Crippen LogP contribution in [-0.4, -0.2) is 24.8 Å². The molecule has 0 saturated heterocycles. The maximum absolute atomic E-state index is 10.5. The van der Waals surface area contributed by atoms with Gasteiger partial charge < -0.3 is 19.8 Å². The van der Waals surface area contributed by atoms with Crippen molar-refractivity contribution in [3.63, 3.8) is 0 Å². The van der Waals surface area contributed by atoms with Crippen LogP contribution in [0.2, 0.25) is 0 Å². The Labute approximate surface area is 82.3 Å². The molecule has 0 aliphatic heterocycles. The number of carboxylic acid groups (broad SMARTS) is 2. The predicted molar refractivity (Wildman–Crippen MR) is 22.0 cm³/mol. The van der Waals surface area contributed by atoms with Gasteiger partial charge in [-0.05, 0) is 0 Å². The van der Waals surface area contributed by atoms with Gasteiger partial charge in [0.25, 0.3) is 12.9 Å². The van der Waals surface area contributed by atoms with E-state index in [1.165, 1.54) is 0 Å². The Morgan fingerprint density at radius 3 is 0.923 bits per heavy atom. The molecule has 0 unspecified atom stereocenters. The molecule has 0 bridgehead atoms. The molecule has 0 radical (unpaired) electrons. The fourth-order valence-electron chi connectivity index (χ4n) is 0. The summed E-state index contributed by atoms with van der Waals surface area (Å²) in [6.07, 6.45) is -6.69. The van der Waals surface area contributed by atoms with Crippen molar-refractivity contribution in [1.82, 2.24) is 0 Å². The molecule has 0 N–H and O–H groups in total. The maximum Gasteiger partial charge on any atom is 2.00 e. The quantitative estimate of drug-likeness (QED) is 0.422. The van der Waals surface area contributed by atoms with E-state index in [2.05, 4.69) is 0 Å². The number of alkyl halides is 4. The third-order valence-electron chi connectivity index (χ3n) is 0.356. The normalized spacial score (nSPS) is 8.46. The Kier molecular flexibility index (Phi) is 13.1. The molecular formula is C4H2F4O4Zn. The summed E-state index contributed by atoms with van der Waals surface area (Å²) in [5.74, 6) is -4.65. The molecule has 0 fully saturated rings. The molecule has 72 valence electrons. The van der Waals surface area contributed by atoms with Crippen LogP contribution in [0.1, 0.15) is 0 Å². The molecular weight excluding hydrogens is 253 g/mol. The Balaban J connectivity index is -0.000000143. The number of hydrogen-bond donors (Lipinski definition) is 0. The van der Waals surface area contributed by atoms with Crippen molar-refractivity contribution >= 4 is 11.9 Å². The molecule has 0 atom stereocenters. The average Bonchev–Trinajstić information content (AvgIpc) is 1.88. The number of carbonyl (C=O) groups is 2. The number of halogens is 4. The Morgan fingerprint density at radius 2 is 0.923 bits per heavy atom. The van der Waals surface area contributed by atoms with Crippen LogP contribution in [0.25, 0.3) is 0 Å². The van der Waals surface area contributed by atoms with Crippen LogP contribution in [-0.2, 0) is 29.1 Å². The fourth-order valence-corrected chi connectivity index (χ4v) is 0. The maximum atomic E-state index is 10.5. The summed E-state index contributed by atoms with van der Waals surface area (Å²) in [5, 5.41) is 17.7. The van der Waals surface area contributed by atoms with Crippen LogP contribution >= 0.6 is 0 Å². The van der Waals surface area contributed by atoms with E-state index in [0.717, 1.165) is 0 Å². The van der Waals surface area contributed by atoms with Crippen LogP contribution < -0.4 is 10.2 Å². The number of rotatable bonds is 2. The molecule has 0 aromatic carbocycles. The van der Waals surface area contributed by atoms with Gasteiger partial charge in [0.2, 0.25) is 0 Å². The fraction of sp³-hybridized carbons (Fsp3) is 0.500. The van der Waals surface area contributed by atoms with E-state index in [1.54, 1.807) is 0 Å². The van der Waals surface area contributed by atoms with Crippen LogP contribution in [0.15, 0.2) is 0 Å². The Bertz CT molecular complexity index is 144. The second-order valence-corrected chi connectivity index (χ2v) is 1.24. The zero-order valence-electron chi connectivity index (χ0n) is 6.01. The molecule has 0 rings (SSSR count). The van der Waals surface area contributed by atoms with Gasteiger partial charge >= 0.3 is 19.5 Å². The molecule has 0 amide bonds. The van der Waals surface area contributed by atoms with E-state index in [9.17, 15) is 17.6 Å². The summed E-state index contributed by atoms with van der Waals surface area (Å²) in [6, 6.07) is 0. The number of aliphatic carboxylic acids is 2. The summed E-state index contributed by atoms with van der Waals surface area (Å²) in [5.41, 5.74) is 0. The van der Waals surface area contributed by atoms with Gasteiger partial charge in [0.15, 0.2) is 0 Å². The first-order valence-electron chi connectivity index (χ1n) is 2.27. The van der Waals surface area contributed by atoms with Gasteiger partial charge in [0, 0.05) is 0 Å². The van der Waals surface area contributed by atoms with E-state index in [1.807, 2.05) is 0 Å². The van der Waals surface area contributed by atoms with Gasteiger partial charge in [-0.15, -0.1) is 0 Å². The van der Waals surface area contributed by atoms with Crippen molar-refractivity contribution in [2.24, 2.45) is 0 Å². The smallest absolute Gasteiger partial charge is 0.544 e. The zero-order valence-corrected chi connectivity index (χ0v) is 8.97. The van der Waals surface area contributed by atoms with Crippen LogP contribution in [0, 0.1) is 0 Å². The van der Waals surface area contributed by atoms with E-state index in [4.69, 9.17) is 19.8 Å². The Hall–Kier alpha value is -0.717. The third kappa shape index (κ3) is 18.3. The van der Waals surface area contributed by atoms with Gasteiger partial charge in [0.1, 0.15) is 11.9 Å². The van der Waals surface area contributed by atoms with Crippen LogP contribution in [0.4, 0.5) is 17.6 Å². The monoisotopic (exact) mass is 254 g/mol. The largest absolute Gasteiger partial charge is 2.00 e. The summed E-state index contributed by atoms with van der Waals surface area (Å²) in [6.45, 7) is 0. The SMILES string of the molecule is O=C([O-])C(F)F.O=C([O-])C(F)F.[Zn+2]. The molecule has 0 aliphatic rings. The molecule has 0 spiro atoms. The van der Waals surface area contributed by atoms with Crippen molar-refractivity contribution in [1.29, 1.82) is 0 Å². The second kappa shape index (κ2) is 9.37. The van der Waals surface area contributed by atoms with Gasteiger partial charge in [-0.2, -0.15) is 0 Å². The van der Waals surface area contributed by atoms with Crippen molar-refractivity contribution in [3.05, 3.63) is 0 Å². The topological polar surface area (TPSA) is 80.3 Å². The van der Waals surface area contributed by atoms with Gasteiger partial charge in [0.05, 0.1) is 0 Å². The molecule has 0 aromatic rings. The predicted octanol–water partition coefficient (Wildman–Crippen LogP) is -2.00. The summed E-state index contributed by atoms with van der Waals surface area (Å²) in [4.78, 5) is 17.7. The molecule has 0 aromatic heterocycles. The van der Waals surface area contributed by atoms with Crippen molar-refractivity contribution in [3.8, 4) is 0 Å². The summed E-state index contributed by atoms with van der Waals surface area (Å²) < 4.78 is 42.0. The van der Waals surface area contributed by atoms with Crippen molar-refractivity contribution in [2.75, 3.05) is 0 Å². The van der Waals surface area contributed by atoms with Crippen LogP contribution in [0.5, 0.6) is 0 Å². The van der Waals surface area contributed by atoms with E-state index >= 15 is 0 Å². The molecule has 0 heterocycles. The minimum absolute atomic E-state index is 0. The molecule has 0 aliphatic carbocycles. The van der Waals surface area contributed by atoms with E-state index < -0.39 is 24.8 Å². The molecule has 13 heavy (non-hydrogen) atoms. The van der Waals surface area contributed by atoms with E-state index in [-0.39, 0.29) is 19.5 Å². The molecule has 0 saturated carbocycles. The van der Waals surface area contributed by atoms with Gasteiger partial charge in [-0.25, -0.2) is 17.6 Å². The first kappa shape index (κ1) is 18.1. The third-order valence-corrected chi connectivity index (χ3v) is 0.356. The molecule has 9 heteroatoms. The zero-order chi connectivity index (χ0) is 10.3. The standard InChI is InChI=1S/2C2H2F2O2.Zn/c2*3-1(4)2(5)6;/h2*1H,(H,5,6);/q;;+2/p-2. The van der Waals surface area contributed by atoms with Crippen molar-refractivity contribution in [2.45, 2.75) is 12.9 Å². The minimum atomic E-state index is -3.34. The second-order valence-electron chi connectivity index (χ2n) is 1.24.